The molecule has 156 valence electrons. The summed E-state index contributed by atoms with van der Waals surface area (Å²) in [6, 6.07) is 8.80. The summed E-state index contributed by atoms with van der Waals surface area (Å²) < 4.78 is 7.16. The van der Waals surface area contributed by atoms with Gasteiger partial charge in [0.2, 0.25) is 11.8 Å². The van der Waals surface area contributed by atoms with Crippen molar-refractivity contribution in [1.29, 1.82) is 0 Å². The lowest BCUT2D eigenvalue weighted by molar-refractivity contribution is -0.114. The molecule has 0 aliphatic carbocycles. The van der Waals surface area contributed by atoms with E-state index in [4.69, 9.17) is 4.74 Å². The van der Waals surface area contributed by atoms with E-state index in [0.29, 0.717) is 34.6 Å². The quantitative estimate of drug-likeness (QED) is 0.533. The SMILES string of the molecule is CCn1c(SCC(=O)Nc2ccc(OC)c(NC(C)=O)c2)nnc1-c1cccnc1. The zero-order valence-electron chi connectivity index (χ0n) is 16.9. The highest BCUT2D eigenvalue weighted by Crippen LogP contribution is 2.28. The zero-order chi connectivity index (χ0) is 21.5. The van der Waals surface area contributed by atoms with Crippen LogP contribution in [-0.4, -0.2) is 44.4 Å². The fraction of sp³-hybridized carbons (Fsp3) is 0.250. The van der Waals surface area contributed by atoms with Gasteiger partial charge in [-0.15, -0.1) is 10.2 Å². The Hall–Kier alpha value is -3.40. The van der Waals surface area contributed by atoms with Crippen LogP contribution in [0.15, 0.2) is 47.9 Å². The lowest BCUT2D eigenvalue weighted by atomic mass is 10.2. The Bertz CT molecular complexity index is 1040. The van der Waals surface area contributed by atoms with Crippen LogP contribution in [0.2, 0.25) is 0 Å². The molecule has 0 atom stereocenters. The molecule has 0 fully saturated rings. The third kappa shape index (κ3) is 5.15. The maximum atomic E-state index is 12.4. The number of thioether (sulfide) groups is 1. The van der Waals surface area contributed by atoms with Gasteiger partial charge >= 0.3 is 0 Å². The standard InChI is InChI=1S/C20H22N6O3S/c1-4-26-19(14-6-5-9-21-11-14)24-25-20(26)30-12-18(28)23-15-7-8-17(29-3)16(10-15)22-13(2)27/h5-11H,4,12H2,1-3H3,(H,22,27)(H,23,28). The first kappa shape index (κ1) is 21.3. The fourth-order valence-corrected chi connectivity index (χ4v) is 3.59. The summed E-state index contributed by atoms with van der Waals surface area (Å²) in [6.07, 6.45) is 3.43. The highest BCUT2D eigenvalue weighted by Gasteiger charge is 2.15. The van der Waals surface area contributed by atoms with E-state index in [0.717, 1.165) is 5.56 Å². The van der Waals surface area contributed by atoms with Crippen LogP contribution >= 0.6 is 11.8 Å². The van der Waals surface area contributed by atoms with Crippen molar-refractivity contribution in [2.75, 3.05) is 23.5 Å². The van der Waals surface area contributed by atoms with E-state index in [1.54, 1.807) is 30.6 Å². The number of hydrogen-bond donors (Lipinski definition) is 2. The van der Waals surface area contributed by atoms with Gasteiger partial charge in [0.15, 0.2) is 11.0 Å². The van der Waals surface area contributed by atoms with Crippen LogP contribution in [0.25, 0.3) is 11.4 Å². The molecule has 0 spiro atoms. The van der Waals surface area contributed by atoms with Gasteiger partial charge in [0.1, 0.15) is 5.75 Å². The third-order valence-corrected chi connectivity index (χ3v) is 5.05. The predicted octanol–water partition coefficient (Wildman–Crippen LogP) is 3.06. The van der Waals surface area contributed by atoms with Crippen molar-refractivity contribution in [2.24, 2.45) is 0 Å². The molecule has 2 heterocycles. The Balaban J connectivity index is 1.67. The summed E-state index contributed by atoms with van der Waals surface area (Å²) >= 11 is 1.30. The summed E-state index contributed by atoms with van der Waals surface area (Å²) in [5.41, 5.74) is 1.91. The molecule has 1 aromatic carbocycles. The van der Waals surface area contributed by atoms with Crippen LogP contribution in [0.4, 0.5) is 11.4 Å². The number of aromatic nitrogens is 4. The summed E-state index contributed by atoms with van der Waals surface area (Å²) in [7, 11) is 1.51. The number of nitrogens with one attached hydrogen (secondary N) is 2. The lowest BCUT2D eigenvalue weighted by Crippen LogP contribution is -2.15. The summed E-state index contributed by atoms with van der Waals surface area (Å²) in [4.78, 5) is 27.9. The molecule has 0 saturated carbocycles. The second-order valence-electron chi connectivity index (χ2n) is 6.23. The van der Waals surface area contributed by atoms with E-state index in [9.17, 15) is 9.59 Å². The van der Waals surface area contributed by atoms with Crippen molar-refractivity contribution >= 4 is 35.0 Å². The Kier molecular flexibility index (Phi) is 7.02. The van der Waals surface area contributed by atoms with Crippen molar-refractivity contribution in [3.05, 3.63) is 42.7 Å². The van der Waals surface area contributed by atoms with Crippen LogP contribution in [0, 0.1) is 0 Å². The average molecular weight is 427 g/mol. The van der Waals surface area contributed by atoms with E-state index in [-0.39, 0.29) is 17.6 Å². The molecule has 9 nitrogen and oxygen atoms in total. The lowest BCUT2D eigenvalue weighted by Gasteiger charge is -2.12. The summed E-state index contributed by atoms with van der Waals surface area (Å²) in [5.74, 6) is 0.954. The molecule has 3 aromatic rings. The molecule has 10 heteroatoms. The van der Waals surface area contributed by atoms with Crippen molar-refractivity contribution in [3.8, 4) is 17.1 Å². The van der Waals surface area contributed by atoms with Gasteiger partial charge in [-0.25, -0.2) is 0 Å². The summed E-state index contributed by atoms with van der Waals surface area (Å²) in [5, 5.41) is 14.6. The van der Waals surface area contributed by atoms with Gasteiger partial charge in [-0.3, -0.25) is 14.6 Å². The number of rotatable bonds is 8. The normalized spacial score (nSPS) is 10.5. The molecule has 0 radical (unpaired) electrons. The first-order chi connectivity index (χ1) is 14.5. The number of ether oxygens (including phenoxy) is 1. The second kappa shape index (κ2) is 9.88. The molecule has 0 aliphatic rings. The number of hydrogen-bond acceptors (Lipinski definition) is 7. The van der Waals surface area contributed by atoms with Gasteiger partial charge in [-0.1, -0.05) is 11.8 Å². The van der Waals surface area contributed by atoms with Crippen molar-refractivity contribution < 1.29 is 14.3 Å². The minimum Gasteiger partial charge on any atom is -0.495 e. The number of carbonyl (C=O) groups is 2. The number of methoxy groups -OCH3 is 1. The third-order valence-electron chi connectivity index (χ3n) is 4.08. The van der Waals surface area contributed by atoms with E-state index in [2.05, 4.69) is 25.8 Å². The number of carbonyl (C=O) groups excluding carboxylic acids is 2. The molecule has 30 heavy (non-hydrogen) atoms. The number of amides is 2. The van der Waals surface area contributed by atoms with Gasteiger partial charge in [0.25, 0.3) is 0 Å². The van der Waals surface area contributed by atoms with Crippen LogP contribution in [0.1, 0.15) is 13.8 Å². The molecule has 3 rings (SSSR count). The molecule has 0 saturated heterocycles. The minimum atomic E-state index is -0.226. The van der Waals surface area contributed by atoms with Gasteiger partial charge < -0.3 is 19.9 Å². The molecule has 0 unspecified atom stereocenters. The molecule has 0 bridgehead atoms. The largest absolute Gasteiger partial charge is 0.495 e. The first-order valence-corrected chi connectivity index (χ1v) is 10.2. The highest BCUT2D eigenvalue weighted by atomic mass is 32.2. The monoisotopic (exact) mass is 426 g/mol. The Morgan fingerprint density at radius 2 is 2.03 bits per heavy atom. The topological polar surface area (TPSA) is 111 Å². The van der Waals surface area contributed by atoms with Gasteiger partial charge in [0.05, 0.1) is 18.6 Å². The average Bonchev–Trinajstić information content (AvgIpc) is 3.15. The number of anilines is 2. The number of pyridine rings is 1. The second-order valence-corrected chi connectivity index (χ2v) is 7.17. The summed E-state index contributed by atoms with van der Waals surface area (Å²) in [6.45, 7) is 4.07. The van der Waals surface area contributed by atoms with E-state index >= 15 is 0 Å². The maximum Gasteiger partial charge on any atom is 0.234 e. The van der Waals surface area contributed by atoms with Crippen molar-refractivity contribution in [3.63, 3.8) is 0 Å². The fourth-order valence-electron chi connectivity index (χ4n) is 2.79. The molecule has 0 aliphatic heterocycles. The number of nitrogens with zero attached hydrogens (tertiary/aromatic N) is 4. The van der Waals surface area contributed by atoms with Crippen molar-refractivity contribution in [2.45, 2.75) is 25.5 Å². The first-order valence-electron chi connectivity index (χ1n) is 9.23. The molecular weight excluding hydrogens is 404 g/mol. The molecule has 2 N–H and O–H groups in total. The minimum absolute atomic E-state index is 0.159. The molecular formula is C20H22N6O3S. The van der Waals surface area contributed by atoms with Gasteiger partial charge in [-0.2, -0.15) is 0 Å². The van der Waals surface area contributed by atoms with E-state index in [1.165, 1.54) is 25.8 Å². The maximum absolute atomic E-state index is 12.4. The Morgan fingerprint density at radius 3 is 2.70 bits per heavy atom. The van der Waals surface area contributed by atoms with Crippen molar-refractivity contribution in [1.82, 2.24) is 19.7 Å². The predicted molar refractivity (Wildman–Crippen MR) is 116 cm³/mol. The zero-order valence-corrected chi connectivity index (χ0v) is 17.7. The van der Waals surface area contributed by atoms with Gasteiger partial charge in [0, 0.05) is 37.1 Å². The molecule has 2 amide bonds. The van der Waals surface area contributed by atoms with Crippen LogP contribution in [-0.2, 0) is 16.1 Å². The van der Waals surface area contributed by atoms with Crippen LogP contribution in [0.3, 0.4) is 0 Å². The Morgan fingerprint density at radius 1 is 1.20 bits per heavy atom. The molecule has 2 aromatic heterocycles. The van der Waals surface area contributed by atoms with E-state index in [1.807, 2.05) is 23.6 Å². The number of benzene rings is 1. The van der Waals surface area contributed by atoms with Crippen LogP contribution in [0.5, 0.6) is 5.75 Å². The Labute approximate surface area is 178 Å². The van der Waals surface area contributed by atoms with Gasteiger partial charge in [-0.05, 0) is 37.3 Å². The smallest absolute Gasteiger partial charge is 0.234 e. The van der Waals surface area contributed by atoms with E-state index < -0.39 is 0 Å². The van der Waals surface area contributed by atoms with Crippen LogP contribution < -0.4 is 15.4 Å². The highest BCUT2D eigenvalue weighted by molar-refractivity contribution is 7.99.